The molecule has 0 aliphatic heterocycles. The average molecular weight is 462 g/mol. The van der Waals surface area contributed by atoms with E-state index in [1.165, 1.54) is 24.3 Å². The molecule has 0 bridgehead atoms. The molecule has 0 spiro atoms. The maximum absolute atomic E-state index is 13.7. The molecule has 4 aromatic rings. The summed E-state index contributed by atoms with van der Waals surface area (Å²) in [6.07, 6.45) is -1.90. The van der Waals surface area contributed by atoms with E-state index in [1.54, 1.807) is 0 Å². The van der Waals surface area contributed by atoms with E-state index >= 15 is 0 Å². The summed E-state index contributed by atoms with van der Waals surface area (Å²) in [5, 5.41) is 17.3. The van der Waals surface area contributed by atoms with Crippen LogP contribution in [0, 0.1) is 15.9 Å². The van der Waals surface area contributed by atoms with Gasteiger partial charge >= 0.3 is 0 Å². The Kier molecular flexibility index (Phi) is 5.49. The smallest absolute Gasteiger partial charge is 0.280 e. The first-order chi connectivity index (χ1) is 15.2. The highest BCUT2D eigenvalue weighted by Gasteiger charge is 2.22. The van der Waals surface area contributed by atoms with E-state index in [9.17, 15) is 28.1 Å². The Bertz CT molecular complexity index is 1360. The summed E-state index contributed by atoms with van der Waals surface area (Å²) in [4.78, 5) is 27.4. The number of carbonyl (C=O) groups excluding carboxylic acids is 1. The summed E-state index contributed by atoms with van der Waals surface area (Å²) in [5.74, 6) is -1.33. The third-order valence-corrected chi connectivity index (χ3v) is 4.85. The summed E-state index contributed by atoms with van der Waals surface area (Å²) in [6.45, 7) is 0. The van der Waals surface area contributed by atoms with Crippen molar-refractivity contribution in [2.24, 2.45) is 0 Å². The normalized spacial score (nSPS) is 11.2. The molecule has 1 amide bonds. The van der Waals surface area contributed by atoms with Crippen molar-refractivity contribution in [1.29, 1.82) is 0 Å². The van der Waals surface area contributed by atoms with Crippen LogP contribution in [0.3, 0.4) is 0 Å². The molecule has 0 saturated heterocycles. The SMILES string of the molecule is O=C(Nc1cc([N+](=O)[O-])ccc1Cl)c1cnn2c(C(F)F)cc(-c3ccc(F)cc3)nc12. The maximum Gasteiger partial charge on any atom is 0.280 e. The standard InChI is InChI=1S/C20H11ClF3N5O3/c21-14-6-5-12(29(31)32)7-16(14)27-20(30)13-9-25-28-17(18(23)24)8-15(26-19(13)28)10-1-3-11(22)4-2-10/h1-9,18H,(H,27,30). The van der Waals surface area contributed by atoms with Crippen LogP contribution in [0.4, 0.5) is 24.5 Å². The Morgan fingerprint density at radius 2 is 1.88 bits per heavy atom. The zero-order valence-corrected chi connectivity index (χ0v) is 16.6. The number of fused-ring (bicyclic) bond motifs is 1. The van der Waals surface area contributed by atoms with Crippen molar-refractivity contribution >= 4 is 34.5 Å². The minimum Gasteiger partial charge on any atom is -0.320 e. The first-order valence-electron chi connectivity index (χ1n) is 8.92. The van der Waals surface area contributed by atoms with Gasteiger partial charge in [0.25, 0.3) is 18.0 Å². The third kappa shape index (κ3) is 3.97. The van der Waals surface area contributed by atoms with Crippen LogP contribution in [-0.2, 0) is 0 Å². The van der Waals surface area contributed by atoms with E-state index in [0.29, 0.717) is 5.56 Å². The second kappa shape index (κ2) is 8.27. The molecule has 1 N–H and O–H groups in total. The van der Waals surface area contributed by atoms with E-state index in [2.05, 4.69) is 15.4 Å². The van der Waals surface area contributed by atoms with Gasteiger partial charge in [0.1, 0.15) is 17.1 Å². The summed E-state index contributed by atoms with van der Waals surface area (Å²) < 4.78 is 41.4. The predicted octanol–water partition coefficient (Wildman–Crippen LogP) is 5.29. The van der Waals surface area contributed by atoms with Crippen molar-refractivity contribution in [2.45, 2.75) is 6.43 Å². The minimum atomic E-state index is -2.94. The van der Waals surface area contributed by atoms with Gasteiger partial charge in [0.2, 0.25) is 0 Å². The van der Waals surface area contributed by atoms with Crippen LogP contribution in [0.25, 0.3) is 16.9 Å². The molecule has 2 aromatic carbocycles. The lowest BCUT2D eigenvalue weighted by molar-refractivity contribution is -0.384. The quantitative estimate of drug-likeness (QED) is 0.321. The average Bonchev–Trinajstić information content (AvgIpc) is 3.19. The van der Waals surface area contributed by atoms with Crippen molar-refractivity contribution in [3.05, 3.63) is 86.9 Å². The van der Waals surface area contributed by atoms with Gasteiger partial charge in [-0.3, -0.25) is 14.9 Å². The number of non-ortho nitro benzene ring substituents is 1. The number of alkyl halides is 2. The molecular weight excluding hydrogens is 451 g/mol. The fraction of sp³-hybridized carbons (Fsp3) is 0.0500. The monoisotopic (exact) mass is 461 g/mol. The lowest BCUT2D eigenvalue weighted by Crippen LogP contribution is -2.13. The summed E-state index contributed by atoms with van der Waals surface area (Å²) in [7, 11) is 0. The second-order valence-electron chi connectivity index (χ2n) is 6.54. The molecule has 0 radical (unpaired) electrons. The molecule has 0 fully saturated rings. The van der Waals surface area contributed by atoms with E-state index in [0.717, 1.165) is 35.0 Å². The van der Waals surface area contributed by atoms with E-state index < -0.39 is 28.8 Å². The predicted molar refractivity (Wildman–Crippen MR) is 109 cm³/mol. The van der Waals surface area contributed by atoms with Gasteiger partial charge in [0.05, 0.1) is 27.5 Å². The molecule has 32 heavy (non-hydrogen) atoms. The highest BCUT2D eigenvalue weighted by Crippen LogP contribution is 2.29. The molecule has 0 atom stereocenters. The van der Waals surface area contributed by atoms with Gasteiger partial charge in [-0.15, -0.1) is 0 Å². The Balaban J connectivity index is 1.79. The maximum atomic E-state index is 13.7. The van der Waals surface area contributed by atoms with Gasteiger partial charge in [0, 0.05) is 17.7 Å². The molecule has 2 aromatic heterocycles. The zero-order valence-electron chi connectivity index (χ0n) is 15.8. The van der Waals surface area contributed by atoms with Crippen LogP contribution in [0.2, 0.25) is 5.02 Å². The number of benzene rings is 2. The van der Waals surface area contributed by atoms with Crippen LogP contribution < -0.4 is 5.32 Å². The molecule has 0 saturated carbocycles. The van der Waals surface area contributed by atoms with Gasteiger partial charge in [-0.05, 0) is 36.4 Å². The molecule has 0 unspecified atom stereocenters. The van der Waals surface area contributed by atoms with Crippen LogP contribution in [0.15, 0.2) is 54.7 Å². The van der Waals surface area contributed by atoms with Crippen LogP contribution in [0.5, 0.6) is 0 Å². The summed E-state index contributed by atoms with van der Waals surface area (Å²) in [5.41, 5.74) is -0.794. The third-order valence-electron chi connectivity index (χ3n) is 4.52. The van der Waals surface area contributed by atoms with Crippen LogP contribution in [-0.4, -0.2) is 25.4 Å². The lowest BCUT2D eigenvalue weighted by Gasteiger charge is -2.09. The molecule has 0 aliphatic carbocycles. The number of nitro groups is 1. The summed E-state index contributed by atoms with van der Waals surface area (Å²) in [6, 6.07) is 9.59. The van der Waals surface area contributed by atoms with Crippen molar-refractivity contribution in [2.75, 3.05) is 5.32 Å². The highest BCUT2D eigenvalue weighted by molar-refractivity contribution is 6.34. The fourth-order valence-corrected chi connectivity index (χ4v) is 3.15. The van der Waals surface area contributed by atoms with Crippen molar-refractivity contribution in [3.8, 4) is 11.3 Å². The van der Waals surface area contributed by atoms with Gasteiger partial charge in [-0.1, -0.05) is 11.6 Å². The Morgan fingerprint density at radius 3 is 2.53 bits per heavy atom. The lowest BCUT2D eigenvalue weighted by atomic mass is 10.1. The number of halogens is 4. The molecular formula is C20H11ClF3N5O3. The van der Waals surface area contributed by atoms with E-state index in [4.69, 9.17) is 11.6 Å². The van der Waals surface area contributed by atoms with Crippen LogP contribution in [0.1, 0.15) is 22.5 Å². The molecule has 162 valence electrons. The molecule has 0 aliphatic rings. The highest BCUT2D eigenvalue weighted by atomic mass is 35.5. The van der Waals surface area contributed by atoms with E-state index in [1.807, 2.05) is 0 Å². The number of rotatable bonds is 5. The topological polar surface area (TPSA) is 102 Å². The minimum absolute atomic E-state index is 0.0358. The van der Waals surface area contributed by atoms with Gasteiger partial charge in [0.15, 0.2) is 5.65 Å². The number of nitro benzene ring substituents is 1. The largest absolute Gasteiger partial charge is 0.320 e. The van der Waals surface area contributed by atoms with Crippen molar-refractivity contribution < 1.29 is 22.9 Å². The molecule has 4 rings (SSSR count). The van der Waals surface area contributed by atoms with Gasteiger partial charge in [-0.2, -0.15) is 5.10 Å². The van der Waals surface area contributed by atoms with Crippen molar-refractivity contribution in [1.82, 2.24) is 14.6 Å². The number of nitrogens with zero attached hydrogens (tertiary/aromatic N) is 4. The fourth-order valence-electron chi connectivity index (χ4n) is 2.98. The zero-order chi connectivity index (χ0) is 23.0. The Labute approximate surface area is 182 Å². The number of carbonyl (C=O) groups is 1. The molecule has 12 heteroatoms. The molecule has 8 nitrogen and oxygen atoms in total. The van der Waals surface area contributed by atoms with Crippen LogP contribution >= 0.6 is 11.6 Å². The Morgan fingerprint density at radius 1 is 1.16 bits per heavy atom. The van der Waals surface area contributed by atoms with Crippen molar-refractivity contribution in [3.63, 3.8) is 0 Å². The summed E-state index contributed by atoms with van der Waals surface area (Å²) >= 11 is 6.01. The van der Waals surface area contributed by atoms with Gasteiger partial charge in [-0.25, -0.2) is 22.7 Å². The number of nitrogens with one attached hydrogen (secondary N) is 1. The number of hydrogen-bond acceptors (Lipinski definition) is 5. The first-order valence-corrected chi connectivity index (χ1v) is 9.30. The molecule has 2 heterocycles. The number of anilines is 1. The second-order valence-corrected chi connectivity index (χ2v) is 6.95. The number of aromatic nitrogens is 3. The Hall–Kier alpha value is -3.99. The van der Waals surface area contributed by atoms with E-state index in [-0.39, 0.29) is 33.3 Å². The van der Waals surface area contributed by atoms with Gasteiger partial charge < -0.3 is 5.32 Å². The first kappa shape index (κ1) is 21.2. The number of amides is 1. The number of hydrogen-bond donors (Lipinski definition) is 1.